The van der Waals surface area contributed by atoms with Crippen molar-refractivity contribution in [3.8, 4) is 0 Å². The van der Waals surface area contributed by atoms with Crippen LogP contribution in [0.25, 0.3) is 5.78 Å². The Labute approximate surface area is 137 Å². The average Bonchev–Trinajstić information content (AvgIpc) is 2.81. The van der Waals surface area contributed by atoms with Crippen LogP contribution in [0.3, 0.4) is 0 Å². The maximum Gasteiger partial charge on any atom is 0.291 e. The fourth-order valence-electron chi connectivity index (χ4n) is 1.60. The van der Waals surface area contributed by atoms with Gasteiger partial charge < -0.3 is 11.1 Å². The molecule has 0 aliphatic rings. The summed E-state index contributed by atoms with van der Waals surface area (Å²) in [6.45, 7) is 6.25. The van der Waals surface area contributed by atoms with Crippen molar-refractivity contribution in [2.45, 2.75) is 26.3 Å². The molecule has 1 atom stereocenters. The summed E-state index contributed by atoms with van der Waals surface area (Å²) >= 11 is 3.29. The molecule has 2 heterocycles. The molecule has 0 spiro atoms. The molecule has 21 heavy (non-hydrogen) atoms. The molecule has 2 aromatic heterocycles. The van der Waals surface area contributed by atoms with Gasteiger partial charge in [-0.15, -0.1) is 17.5 Å². The van der Waals surface area contributed by atoms with E-state index < -0.39 is 5.54 Å². The summed E-state index contributed by atoms with van der Waals surface area (Å²) < 4.78 is 2.21. The topological polar surface area (TPSA) is 98.2 Å². The maximum atomic E-state index is 12.2. The van der Waals surface area contributed by atoms with Crippen molar-refractivity contribution in [1.82, 2.24) is 24.9 Å². The Kier molecular flexibility index (Phi) is 5.66. The standard InChI is InChI=1S/C12H17BrN6O.ClH/c1-7(2)12(3,6-14)17-10(20)9-16-11-15-4-8(13)5-19(11)18-9;/h4-5,7H,6,14H2,1-3H3,(H,17,20);1H. The molecule has 2 aromatic rings. The fraction of sp³-hybridized carbons (Fsp3) is 0.500. The Bertz CT molecular complexity index is 646. The number of hydrogen-bond acceptors (Lipinski definition) is 5. The largest absolute Gasteiger partial charge is 0.343 e. The van der Waals surface area contributed by atoms with Crippen molar-refractivity contribution in [3.05, 3.63) is 22.7 Å². The van der Waals surface area contributed by atoms with Crippen LogP contribution in [0.4, 0.5) is 0 Å². The molecule has 9 heteroatoms. The number of halogens is 2. The van der Waals surface area contributed by atoms with Crippen LogP contribution in [0, 0.1) is 5.92 Å². The van der Waals surface area contributed by atoms with Gasteiger partial charge in [0.15, 0.2) is 0 Å². The number of aromatic nitrogens is 4. The molecule has 0 saturated carbocycles. The highest BCUT2D eigenvalue weighted by atomic mass is 79.9. The van der Waals surface area contributed by atoms with Crippen LogP contribution in [-0.4, -0.2) is 37.6 Å². The second kappa shape index (κ2) is 6.67. The summed E-state index contributed by atoms with van der Waals surface area (Å²) in [5.41, 5.74) is 5.25. The first kappa shape index (κ1) is 17.8. The molecule has 0 fully saturated rings. The number of nitrogens with two attached hydrogens (primary N) is 1. The van der Waals surface area contributed by atoms with Gasteiger partial charge in [0.05, 0.1) is 10.0 Å². The first-order valence-electron chi connectivity index (χ1n) is 6.26. The van der Waals surface area contributed by atoms with Crippen LogP contribution in [0.5, 0.6) is 0 Å². The minimum Gasteiger partial charge on any atom is -0.343 e. The molecule has 0 bridgehead atoms. The lowest BCUT2D eigenvalue weighted by atomic mass is 9.88. The summed E-state index contributed by atoms with van der Waals surface area (Å²) in [6.07, 6.45) is 3.29. The average molecular weight is 378 g/mol. The van der Waals surface area contributed by atoms with Gasteiger partial charge in [-0.3, -0.25) is 4.79 Å². The van der Waals surface area contributed by atoms with Crippen molar-refractivity contribution in [3.63, 3.8) is 0 Å². The molecule has 3 N–H and O–H groups in total. The van der Waals surface area contributed by atoms with E-state index in [4.69, 9.17) is 5.73 Å². The number of hydrogen-bond donors (Lipinski definition) is 2. The molecule has 7 nitrogen and oxygen atoms in total. The quantitative estimate of drug-likeness (QED) is 0.839. The zero-order valence-corrected chi connectivity index (χ0v) is 14.4. The van der Waals surface area contributed by atoms with E-state index in [0.717, 1.165) is 4.47 Å². The van der Waals surface area contributed by atoms with Gasteiger partial charge in [-0.05, 0) is 28.8 Å². The van der Waals surface area contributed by atoms with Crippen LogP contribution >= 0.6 is 28.3 Å². The van der Waals surface area contributed by atoms with Gasteiger partial charge in [-0.25, -0.2) is 9.50 Å². The Morgan fingerprint density at radius 1 is 1.57 bits per heavy atom. The number of carbonyl (C=O) groups is 1. The fourth-order valence-corrected chi connectivity index (χ4v) is 1.90. The minimum absolute atomic E-state index is 0. The zero-order valence-electron chi connectivity index (χ0n) is 12.0. The molecular formula is C12H18BrClN6O. The lowest BCUT2D eigenvalue weighted by Gasteiger charge is -2.32. The molecule has 0 aromatic carbocycles. The van der Waals surface area contributed by atoms with Gasteiger partial charge in [0, 0.05) is 18.9 Å². The molecule has 2 rings (SSSR count). The Hall–Kier alpha value is -1.25. The van der Waals surface area contributed by atoms with E-state index in [-0.39, 0.29) is 30.1 Å². The highest BCUT2D eigenvalue weighted by Gasteiger charge is 2.30. The van der Waals surface area contributed by atoms with Gasteiger partial charge >= 0.3 is 0 Å². The number of rotatable bonds is 4. The lowest BCUT2D eigenvalue weighted by molar-refractivity contribution is 0.0872. The van der Waals surface area contributed by atoms with Gasteiger partial charge in [0.2, 0.25) is 5.82 Å². The van der Waals surface area contributed by atoms with E-state index in [2.05, 4.69) is 36.3 Å². The SMILES string of the molecule is CC(C)C(C)(CN)NC(=O)c1nc2ncc(Br)cn2n1.Cl. The van der Waals surface area contributed by atoms with Crippen molar-refractivity contribution >= 4 is 40.0 Å². The molecule has 116 valence electrons. The third kappa shape index (κ3) is 3.69. The predicted octanol–water partition coefficient (Wildman–Crippen LogP) is 1.41. The Balaban J connectivity index is 0.00000220. The molecule has 1 amide bonds. The second-order valence-corrected chi connectivity index (χ2v) is 6.10. The molecule has 0 radical (unpaired) electrons. The van der Waals surface area contributed by atoms with Gasteiger partial charge in [0.25, 0.3) is 11.7 Å². The summed E-state index contributed by atoms with van der Waals surface area (Å²) in [5, 5.41) is 7.00. The minimum atomic E-state index is -0.497. The van der Waals surface area contributed by atoms with Crippen LogP contribution < -0.4 is 11.1 Å². The van der Waals surface area contributed by atoms with E-state index in [0.29, 0.717) is 12.3 Å². The van der Waals surface area contributed by atoms with E-state index in [9.17, 15) is 4.79 Å². The Morgan fingerprint density at radius 3 is 2.81 bits per heavy atom. The van der Waals surface area contributed by atoms with E-state index >= 15 is 0 Å². The smallest absolute Gasteiger partial charge is 0.291 e. The van der Waals surface area contributed by atoms with E-state index in [1.54, 1.807) is 12.4 Å². The van der Waals surface area contributed by atoms with Crippen molar-refractivity contribution in [2.24, 2.45) is 11.7 Å². The summed E-state index contributed by atoms with van der Waals surface area (Å²) in [5.74, 6) is 0.294. The highest BCUT2D eigenvalue weighted by molar-refractivity contribution is 9.10. The van der Waals surface area contributed by atoms with Gasteiger partial charge in [-0.2, -0.15) is 4.98 Å². The molecule has 0 aliphatic carbocycles. The van der Waals surface area contributed by atoms with Crippen molar-refractivity contribution < 1.29 is 4.79 Å². The first-order chi connectivity index (χ1) is 9.35. The third-order valence-corrected chi connectivity index (χ3v) is 3.87. The third-order valence-electron chi connectivity index (χ3n) is 3.46. The number of amides is 1. The Morgan fingerprint density at radius 2 is 2.24 bits per heavy atom. The molecule has 0 saturated heterocycles. The highest BCUT2D eigenvalue weighted by Crippen LogP contribution is 2.15. The number of fused-ring (bicyclic) bond motifs is 1. The zero-order chi connectivity index (χ0) is 14.9. The normalized spacial score (nSPS) is 13.8. The first-order valence-corrected chi connectivity index (χ1v) is 7.05. The molecular weight excluding hydrogens is 360 g/mol. The monoisotopic (exact) mass is 376 g/mol. The van der Waals surface area contributed by atoms with Crippen molar-refractivity contribution in [2.75, 3.05) is 6.54 Å². The second-order valence-electron chi connectivity index (χ2n) is 5.18. The van der Waals surface area contributed by atoms with Crippen LogP contribution in [0.15, 0.2) is 16.9 Å². The van der Waals surface area contributed by atoms with Crippen LogP contribution in [0.2, 0.25) is 0 Å². The number of carbonyl (C=O) groups excluding carboxylic acids is 1. The lowest BCUT2D eigenvalue weighted by Crippen LogP contribution is -2.55. The molecule has 1 unspecified atom stereocenters. The number of nitrogens with zero attached hydrogens (tertiary/aromatic N) is 4. The number of nitrogens with one attached hydrogen (secondary N) is 1. The summed E-state index contributed by atoms with van der Waals surface area (Å²) in [7, 11) is 0. The van der Waals surface area contributed by atoms with Gasteiger partial charge in [-0.1, -0.05) is 13.8 Å². The van der Waals surface area contributed by atoms with Crippen LogP contribution in [0.1, 0.15) is 31.4 Å². The van der Waals surface area contributed by atoms with Gasteiger partial charge in [0.1, 0.15) is 0 Å². The summed E-state index contributed by atoms with van der Waals surface area (Å²) in [4.78, 5) is 20.4. The van der Waals surface area contributed by atoms with E-state index in [1.807, 2.05) is 20.8 Å². The van der Waals surface area contributed by atoms with Crippen LogP contribution in [-0.2, 0) is 0 Å². The van der Waals surface area contributed by atoms with E-state index in [1.165, 1.54) is 4.52 Å². The predicted molar refractivity (Wildman–Crippen MR) is 85.5 cm³/mol. The molecule has 0 aliphatic heterocycles. The van der Waals surface area contributed by atoms with Crippen molar-refractivity contribution in [1.29, 1.82) is 0 Å². The summed E-state index contributed by atoms with van der Waals surface area (Å²) in [6, 6.07) is 0. The maximum absolute atomic E-state index is 12.2.